The van der Waals surface area contributed by atoms with Gasteiger partial charge in [0.15, 0.2) is 5.96 Å². The molecular weight excluding hydrogens is 232 g/mol. The number of nitrogens with two attached hydrogens (primary N) is 1. The zero-order valence-corrected chi connectivity index (χ0v) is 10.7. The van der Waals surface area contributed by atoms with Crippen LogP contribution in [0.15, 0.2) is 23.3 Å². The Morgan fingerprint density at radius 3 is 2.89 bits per heavy atom. The fraction of sp³-hybridized carbons (Fsp3) is 0.500. The molecule has 0 saturated carbocycles. The highest BCUT2D eigenvalue weighted by Crippen LogP contribution is 2.25. The van der Waals surface area contributed by atoms with Crippen LogP contribution in [0.2, 0.25) is 0 Å². The minimum atomic E-state index is 0.138. The topological polar surface area (TPSA) is 73.0 Å². The van der Waals surface area contributed by atoms with E-state index in [1.165, 1.54) is 0 Å². The number of guanidine groups is 1. The van der Waals surface area contributed by atoms with E-state index >= 15 is 0 Å². The second kappa shape index (κ2) is 5.68. The van der Waals surface area contributed by atoms with Crippen LogP contribution in [0, 0.1) is 0 Å². The Labute approximate surface area is 106 Å². The molecule has 1 aliphatic heterocycles. The molecule has 1 aromatic heterocycles. The number of nitrogens with zero attached hydrogens (tertiary/aromatic N) is 3. The summed E-state index contributed by atoms with van der Waals surface area (Å²) in [5.74, 6) is 1.17. The van der Waals surface area contributed by atoms with Crippen molar-refractivity contribution in [2.75, 3.05) is 33.9 Å². The van der Waals surface area contributed by atoms with Crippen LogP contribution in [0.5, 0.6) is 5.88 Å². The van der Waals surface area contributed by atoms with Gasteiger partial charge in [-0.1, -0.05) is 0 Å². The Bertz CT molecular complexity index is 419. The Morgan fingerprint density at radius 1 is 1.44 bits per heavy atom. The summed E-state index contributed by atoms with van der Waals surface area (Å²) in [6.07, 6.45) is 1.80. The molecule has 98 valence electrons. The van der Waals surface area contributed by atoms with Crippen LogP contribution in [0.1, 0.15) is 11.6 Å². The molecule has 1 atom stereocenters. The van der Waals surface area contributed by atoms with Gasteiger partial charge in [0, 0.05) is 25.9 Å². The molecule has 0 aliphatic carbocycles. The molecule has 6 nitrogen and oxygen atoms in total. The summed E-state index contributed by atoms with van der Waals surface area (Å²) in [5.41, 5.74) is 6.96. The SMILES string of the molecule is COCCN1C(N)=NCC1c1ccc(OC)nc1. The highest BCUT2D eigenvalue weighted by atomic mass is 16.5. The number of aliphatic imine (C=N–C) groups is 1. The zero-order valence-electron chi connectivity index (χ0n) is 10.7. The van der Waals surface area contributed by atoms with Crippen LogP contribution < -0.4 is 10.5 Å². The smallest absolute Gasteiger partial charge is 0.212 e. The van der Waals surface area contributed by atoms with Gasteiger partial charge in [-0.3, -0.25) is 4.99 Å². The van der Waals surface area contributed by atoms with E-state index in [9.17, 15) is 0 Å². The second-order valence-electron chi connectivity index (χ2n) is 4.03. The average Bonchev–Trinajstić information content (AvgIpc) is 2.78. The molecule has 0 fully saturated rings. The van der Waals surface area contributed by atoms with E-state index < -0.39 is 0 Å². The minimum Gasteiger partial charge on any atom is -0.481 e. The van der Waals surface area contributed by atoms with Crippen molar-refractivity contribution < 1.29 is 9.47 Å². The van der Waals surface area contributed by atoms with Gasteiger partial charge in [-0.2, -0.15) is 0 Å². The molecule has 18 heavy (non-hydrogen) atoms. The van der Waals surface area contributed by atoms with E-state index in [4.69, 9.17) is 15.2 Å². The summed E-state index contributed by atoms with van der Waals surface area (Å²) < 4.78 is 10.1. The lowest BCUT2D eigenvalue weighted by Gasteiger charge is -2.26. The average molecular weight is 250 g/mol. The van der Waals surface area contributed by atoms with Crippen molar-refractivity contribution in [3.63, 3.8) is 0 Å². The molecule has 6 heteroatoms. The van der Waals surface area contributed by atoms with Gasteiger partial charge in [0.05, 0.1) is 26.3 Å². The van der Waals surface area contributed by atoms with Crippen molar-refractivity contribution >= 4 is 5.96 Å². The third-order valence-electron chi connectivity index (χ3n) is 2.99. The molecule has 2 N–H and O–H groups in total. The molecule has 0 amide bonds. The fourth-order valence-electron chi connectivity index (χ4n) is 1.98. The van der Waals surface area contributed by atoms with Crippen LogP contribution >= 0.6 is 0 Å². The largest absolute Gasteiger partial charge is 0.481 e. The van der Waals surface area contributed by atoms with E-state index in [-0.39, 0.29) is 6.04 Å². The lowest BCUT2D eigenvalue weighted by molar-refractivity contribution is 0.166. The number of ether oxygens (including phenoxy) is 2. The predicted octanol–water partition coefficient (Wildman–Crippen LogP) is 0.408. The summed E-state index contributed by atoms with van der Waals surface area (Å²) in [5, 5.41) is 0. The van der Waals surface area contributed by atoms with Crippen molar-refractivity contribution in [3.8, 4) is 5.88 Å². The molecule has 0 bridgehead atoms. The molecule has 0 radical (unpaired) electrons. The molecule has 2 rings (SSSR count). The standard InChI is InChI=1S/C12H18N4O2/c1-17-6-5-16-10(8-15-12(16)13)9-3-4-11(18-2)14-7-9/h3-4,7,10H,5-6,8H2,1-2H3,(H2,13,15). The van der Waals surface area contributed by atoms with Gasteiger partial charge in [0.1, 0.15) is 0 Å². The summed E-state index contributed by atoms with van der Waals surface area (Å²) in [4.78, 5) is 10.5. The van der Waals surface area contributed by atoms with Crippen LogP contribution in [0.3, 0.4) is 0 Å². The van der Waals surface area contributed by atoms with E-state index in [1.54, 1.807) is 20.4 Å². The van der Waals surface area contributed by atoms with Crippen LogP contribution in [0.4, 0.5) is 0 Å². The lowest BCUT2D eigenvalue weighted by Crippen LogP contribution is -2.38. The predicted molar refractivity (Wildman–Crippen MR) is 68.6 cm³/mol. The highest BCUT2D eigenvalue weighted by Gasteiger charge is 2.27. The van der Waals surface area contributed by atoms with Gasteiger partial charge in [0.25, 0.3) is 0 Å². The van der Waals surface area contributed by atoms with Gasteiger partial charge >= 0.3 is 0 Å². The van der Waals surface area contributed by atoms with Crippen molar-refractivity contribution in [2.45, 2.75) is 6.04 Å². The molecule has 1 aromatic rings. The van der Waals surface area contributed by atoms with E-state index in [2.05, 4.69) is 9.98 Å². The van der Waals surface area contributed by atoms with Crippen LogP contribution in [-0.4, -0.2) is 49.8 Å². The van der Waals surface area contributed by atoms with Gasteiger partial charge < -0.3 is 20.1 Å². The number of aromatic nitrogens is 1. The number of hydrogen-bond acceptors (Lipinski definition) is 6. The maximum Gasteiger partial charge on any atom is 0.212 e. The summed E-state index contributed by atoms with van der Waals surface area (Å²) in [6, 6.07) is 3.97. The zero-order chi connectivity index (χ0) is 13.0. The fourth-order valence-corrected chi connectivity index (χ4v) is 1.98. The first-order valence-corrected chi connectivity index (χ1v) is 5.81. The molecule has 1 unspecified atom stereocenters. The van der Waals surface area contributed by atoms with Crippen molar-refractivity contribution in [1.82, 2.24) is 9.88 Å². The van der Waals surface area contributed by atoms with Gasteiger partial charge in [0.2, 0.25) is 5.88 Å². The molecule has 0 spiro atoms. The summed E-state index contributed by atoms with van der Waals surface area (Å²) in [7, 11) is 3.27. The van der Waals surface area contributed by atoms with Crippen molar-refractivity contribution in [3.05, 3.63) is 23.9 Å². The van der Waals surface area contributed by atoms with Gasteiger partial charge in [-0.15, -0.1) is 0 Å². The Balaban J connectivity index is 2.11. The van der Waals surface area contributed by atoms with Crippen LogP contribution in [0.25, 0.3) is 0 Å². The summed E-state index contributed by atoms with van der Waals surface area (Å²) >= 11 is 0. The second-order valence-corrected chi connectivity index (χ2v) is 4.03. The summed E-state index contributed by atoms with van der Waals surface area (Å²) in [6.45, 7) is 2.00. The number of methoxy groups -OCH3 is 2. The highest BCUT2D eigenvalue weighted by molar-refractivity contribution is 5.80. The number of rotatable bonds is 5. The van der Waals surface area contributed by atoms with E-state index in [0.29, 0.717) is 25.0 Å². The van der Waals surface area contributed by atoms with Crippen LogP contribution in [-0.2, 0) is 4.74 Å². The molecule has 1 aliphatic rings. The Morgan fingerprint density at radius 2 is 2.28 bits per heavy atom. The van der Waals surface area contributed by atoms with Crippen molar-refractivity contribution in [1.29, 1.82) is 0 Å². The molecule has 0 saturated heterocycles. The third kappa shape index (κ3) is 2.53. The molecule has 2 heterocycles. The minimum absolute atomic E-state index is 0.138. The van der Waals surface area contributed by atoms with E-state index in [0.717, 1.165) is 12.1 Å². The maximum atomic E-state index is 5.88. The number of hydrogen-bond donors (Lipinski definition) is 1. The Kier molecular flexibility index (Phi) is 3.99. The lowest BCUT2D eigenvalue weighted by atomic mass is 10.1. The van der Waals surface area contributed by atoms with Crippen molar-refractivity contribution in [2.24, 2.45) is 10.7 Å². The first-order chi connectivity index (χ1) is 8.76. The Hall–Kier alpha value is -1.82. The molecular formula is C12H18N4O2. The monoisotopic (exact) mass is 250 g/mol. The van der Waals surface area contributed by atoms with Gasteiger partial charge in [-0.25, -0.2) is 4.98 Å². The normalized spacial score (nSPS) is 18.9. The van der Waals surface area contributed by atoms with Gasteiger partial charge in [-0.05, 0) is 11.6 Å². The first kappa shape index (κ1) is 12.6. The quantitative estimate of drug-likeness (QED) is 0.819. The molecule has 0 aromatic carbocycles. The van der Waals surface area contributed by atoms with E-state index in [1.807, 2.05) is 17.0 Å². The number of pyridine rings is 1. The maximum absolute atomic E-state index is 5.88. The third-order valence-corrected chi connectivity index (χ3v) is 2.99. The first-order valence-electron chi connectivity index (χ1n) is 5.81.